The first-order valence-corrected chi connectivity index (χ1v) is 6.82. The van der Waals surface area contributed by atoms with Gasteiger partial charge >= 0.3 is 5.97 Å². The molecule has 0 amide bonds. The number of nitrogens with zero attached hydrogens (tertiary/aromatic N) is 2. The van der Waals surface area contributed by atoms with E-state index in [4.69, 9.17) is 5.11 Å². The van der Waals surface area contributed by atoms with Gasteiger partial charge in [0.05, 0.1) is 0 Å². The number of aromatic nitrogens is 1. The fourth-order valence-electron chi connectivity index (χ4n) is 2.25. The second kappa shape index (κ2) is 7.89. The molecule has 2 rings (SSSR count). The minimum Gasteiger partial charge on any atom is -0.481 e. The summed E-state index contributed by atoms with van der Waals surface area (Å²) in [5.74, 6) is -0.438. The molecule has 106 valence electrons. The third-order valence-corrected chi connectivity index (χ3v) is 3.17. The predicted molar refractivity (Wildman–Crippen MR) is 75.9 cm³/mol. The first-order chi connectivity index (χ1) is 9.00. The van der Waals surface area contributed by atoms with Crippen molar-refractivity contribution in [3.05, 3.63) is 30.1 Å². The third-order valence-electron chi connectivity index (χ3n) is 3.17. The van der Waals surface area contributed by atoms with Gasteiger partial charge in [0, 0.05) is 24.9 Å². The Bertz CT molecular complexity index is 379. The number of likely N-dealkylation sites (tertiary alicyclic amines) is 1. The second-order valence-corrected chi connectivity index (χ2v) is 5.42. The maximum Gasteiger partial charge on any atom is 0.303 e. The summed E-state index contributed by atoms with van der Waals surface area (Å²) >= 11 is 0. The van der Waals surface area contributed by atoms with E-state index in [1.54, 1.807) is 0 Å². The van der Waals surface area contributed by atoms with Crippen LogP contribution in [0.25, 0.3) is 0 Å². The zero-order valence-corrected chi connectivity index (χ0v) is 12.0. The molecule has 1 aliphatic heterocycles. The van der Waals surface area contributed by atoms with Crippen LogP contribution in [0.1, 0.15) is 44.7 Å². The number of rotatable bonds is 3. The summed E-state index contributed by atoms with van der Waals surface area (Å²) in [4.78, 5) is 16.3. The highest BCUT2D eigenvalue weighted by Gasteiger charge is 2.21. The van der Waals surface area contributed by atoms with Crippen molar-refractivity contribution in [2.45, 2.75) is 39.2 Å². The first-order valence-electron chi connectivity index (χ1n) is 6.82. The van der Waals surface area contributed by atoms with Gasteiger partial charge in [0.2, 0.25) is 0 Å². The van der Waals surface area contributed by atoms with Gasteiger partial charge in [-0.25, -0.2) is 0 Å². The van der Waals surface area contributed by atoms with Crippen LogP contribution in [-0.4, -0.2) is 34.6 Å². The van der Waals surface area contributed by atoms with Crippen molar-refractivity contribution in [2.75, 3.05) is 13.6 Å². The molecule has 1 N–H and O–H groups in total. The topological polar surface area (TPSA) is 53.4 Å². The second-order valence-electron chi connectivity index (χ2n) is 5.42. The van der Waals surface area contributed by atoms with Crippen molar-refractivity contribution in [1.82, 2.24) is 9.88 Å². The first kappa shape index (κ1) is 15.6. The van der Waals surface area contributed by atoms with E-state index >= 15 is 0 Å². The molecular formula is C15H24N2O2. The van der Waals surface area contributed by atoms with Crippen molar-refractivity contribution >= 4 is 5.97 Å². The fourth-order valence-corrected chi connectivity index (χ4v) is 2.25. The number of hydrogen-bond donors (Lipinski definition) is 1. The molecule has 1 fully saturated rings. The molecule has 0 spiro atoms. The Morgan fingerprint density at radius 1 is 1.58 bits per heavy atom. The van der Waals surface area contributed by atoms with Gasteiger partial charge in [-0.1, -0.05) is 19.9 Å². The van der Waals surface area contributed by atoms with Crippen LogP contribution in [0.5, 0.6) is 0 Å². The minimum atomic E-state index is -0.713. The normalized spacial score (nSPS) is 19.1. The van der Waals surface area contributed by atoms with Crippen LogP contribution in [0.4, 0.5) is 0 Å². The number of carbonyl (C=O) groups is 1. The maximum atomic E-state index is 9.81. The lowest BCUT2D eigenvalue weighted by atomic mass is 10.1. The van der Waals surface area contributed by atoms with Crippen LogP contribution in [0.2, 0.25) is 0 Å². The van der Waals surface area contributed by atoms with E-state index < -0.39 is 5.97 Å². The van der Waals surface area contributed by atoms with Crippen molar-refractivity contribution < 1.29 is 9.90 Å². The minimum absolute atomic E-state index is 0.275. The Hall–Kier alpha value is -1.42. The summed E-state index contributed by atoms with van der Waals surface area (Å²) in [7, 11) is 2.19. The highest BCUT2D eigenvalue weighted by molar-refractivity contribution is 5.66. The van der Waals surface area contributed by atoms with Gasteiger partial charge in [-0.05, 0) is 44.0 Å². The van der Waals surface area contributed by atoms with Gasteiger partial charge in [-0.15, -0.1) is 0 Å². The van der Waals surface area contributed by atoms with Crippen LogP contribution in [-0.2, 0) is 4.79 Å². The predicted octanol–water partition coefficient (Wildman–Crippen LogP) is 2.97. The van der Waals surface area contributed by atoms with Crippen molar-refractivity contribution in [3.8, 4) is 0 Å². The number of aliphatic carboxylic acids is 1. The van der Waals surface area contributed by atoms with Gasteiger partial charge in [-0.3, -0.25) is 14.7 Å². The largest absolute Gasteiger partial charge is 0.481 e. The summed E-state index contributed by atoms with van der Waals surface area (Å²) in [6.07, 6.45) is 6.68. The SMILES string of the molecule is CC(C)CC(=O)O.CN1CCCC1c1cccnc1. The van der Waals surface area contributed by atoms with Gasteiger partial charge in [0.25, 0.3) is 0 Å². The molecule has 0 aliphatic carbocycles. The highest BCUT2D eigenvalue weighted by atomic mass is 16.4. The summed E-state index contributed by atoms with van der Waals surface area (Å²) in [5, 5.41) is 8.08. The van der Waals surface area contributed by atoms with E-state index in [2.05, 4.69) is 23.0 Å². The lowest BCUT2D eigenvalue weighted by Crippen LogP contribution is -2.17. The summed E-state index contributed by atoms with van der Waals surface area (Å²) < 4.78 is 0. The van der Waals surface area contributed by atoms with Gasteiger partial charge < -0.3 is 5.11 Å². The Kier molecular flexibility index (Phi) is 6.50. The molecule has 1 aromatic rings. The molecule has 4 nitrogen and oxygen atoms in total. The van der Waals surface area contributed by atoms with Crippen LogP contribution in [0.3, 0.4) is 0 Å². The lowest BCUT2D eigenvalue weighted by molar-refractivity contribution is -0.137. The van der Waals surface area contributed by atoms with Crippen LogP contribution >= 0.6 is 0 Å². The molecule has 1 saturated heterocycles. The standard InChI is InChI=1S/C10H14N2.C5H10O2/c1-12-7-3-5-10(12)9-4-2-6-11-8-9;1-4(2)3-5(6)7/h2,4,6,8,10H,3,5,7H2,1H3;4H,3H2,1-2H3,(H,6,7). The Labute approximate surface area is 115 Å². The Morgan fingerprint density at radius 2 is 2.32 bits per heavy atom. The molecule has 0 radical (unpaired) electrons. The van der Waals surface area contributed by atoms with Gasteiger partial charge in [0.15, 0.2) is 0 Å². The number of carboxylic acid groups (broad SMARTS) is 1. The average Bonchev–Trinajstić information content (AvgIpc) is 2.75. The molecule has 2 heterocycles. The fraction of sp³-hybridized carbons (Fsp3) is 0.600. The van der Waals surface area contributed by atoms with Crippen LogP contribution in [0.15, 0.2) is 24.5 Å². The molecule has 4 heteroatoms. The molecule has 0 saturated carbocycles. The number of pyridine rings is 1. The van der Waals surface area contributed by atoms with E-state index in [9.17, 15) is 4.79 Å². The van der Waals surface area contributed by atoms with Gasteiger partial charge in [0.1, 0.15) is 0 Å². The summed E-state index contributed by atoms with van der Waals surface area (Å²) in [6, 6.07) is 4.79. The molecule has 0 aromatic carbocycles. The van der Waals surface area contributed by atoms with Crippen LogP contribution in [0, 0.1) is 5.92 Å². The third kappa shape index (κ3) is 5.83. The highest BCUT2D eigenvalue weighted by Crippen LogP contribution is 2.29. The molecule has 19 heavy (non-hydrogen) atoms. The molecule has 1 aromatic heterocycles. The van der Waals surface area contributed by atoms with E-state index in [-0.39, 0.29) is 12.3 Å². The molecule has 1 unspecified atom stereocenters. The van der Waals surface area contributed by atoms with Crippen LogP contribution < -0.4 is 0 Å². The number of hydrogen-bond acceptors (Lipinski definition) is 3. The maximum absolute atomic E-state index is 9.81. The summed E-state index contributed by atoms with van der Waals surface area (Å²) in [5.41, 5.74) is 1.36. The molecular weight excluding hydrogens is 240 g/mol. The van der Waals surface area contributed by atoms with E-state index in [1.165, 1.54) is 24.9 Å². The zero-order chi connectivity index (χ0) is 14.3. The van der Waals surface area contributed by atoms with Crippen molar-refractivity contribution in [2.24, 2.45) is 5.92 Å². The Balaban J connectivity index is 0.000000224. The summed E-state index contributed by atoms with van der Waals surface area (Å²) in [6.45, 7) is 4.99. The van der Waals surface area contributed by atoms with E-state index in [1.807, 2.05) is 32.3 Å². The number of carboxylic acids is 1. The Morgan fingerprint density at radius 3 is 2.68 bits per heavy atom. The van der Waals surface area contributed by atoms with E-state index in [0.717, 1.165) is 0 Å². The lowest BCUT2D eigenvalue weighted by Gasteiger charge is -2.18. The quantitative estimate of drug-likeness (QED) is 0.912. The van der Waals surface area contributed by atoms with Gasteiger partial charge in [-0.2, -0.15) is 0 Å². The van der Waals surface area contributed by atoms with E-state index in [0.29, 0.717) is 6.04 Å². The monoisotopic (exact) mass is 264 g/mol. The zero-order valence-electron chi connectivity index (χ0n) is 12.0. The molecule has 1 atom stereocenters. The molecule has 0 bridgehead atoms. The average molecular weight is 264 g/mol. The van der Waals surface area contributed by atoms with Crippen molar-refractivity contribution in [1.29, 1.82) is 0 Å². The smallest absolute Gasteiger partial charge is 0.303 e. The van der Waals surface area contributed by atoms with Crippen molar-refractivity contribution in [3.63, 3.8) is 0 Å². The molecule has 1 aliphatic rings.